The first-order valence-corrected chi connectivity index (χ1v) is 12.0. The zero-order chi connectivity index (χ0) is 22.3. The maximum absolute atomic E-state index is 13.4. The molecule has 1 aliphatic heterocycles. The molecule has 0 amide bonds. The van der Waals surface area contributed by atoms with Gasteiger partial charge in [-0.3, -0.25) is 4.79 Å². The summed E-state index contributed by atoms with van der Waals surface area (Å²) in [6, 6.07) is 12.9. The fraction of sp³-hybridized carbons (Fsp3) is 0.444. The highest BCUT2D eigenvalue weighted by Crippen LogP contribution is 2.31. The lowest BCUT2D eigenvalue weighted by molar-refractivity contribution is 0.103. The Hall–Kier alpha value is -2.79. The summed E-state index contributed by atoms with van der Waals surface area (Å²) in [7, 11) is 0. The van der Waals surface area contributed by atoms with Crippen molar-refractivity contribution in [3.8, 4) is 5.75 Å². The number of rotatable bonds is 10. The summed E-state index contributed by atoms with van der Waals surface area (Å²) in [5.74, 6) is 1.51. The molecule has 5 nitrogen and oxygen atoms in total. The SMILES string of the molecule is CCCCc1oc2ccc(N)cc2c1C(=O)c1ccc(OCCCN2CCCCC2)cc1. The molecule has 32 heavy (non-hydrogen) atoms. The largest absolute Gasteiger partial charge is 0.494 e. The van der Waals surface area contributed by atoms with Gasteiger partial charge >= 0.3 is 0 Å². The molecule has 2 aromatic carbocycles. The van der Waals surface area contributed by atoms with Gasteiger partial charge in [0.2, 0.25) is 0 Å². The number of aryl methyl sites for hydroxylation is 1. The fourth-order valence-electron chi connectivity index (χ4n) is 4.44. The second-order valence-electron chi connectivity index (χ2n) is 8.72. The molecule has 5 heteroatoms. The van der Waals surface area contributed by atoms with Crippen molar-refractivity contribution in [2.45, 2.75) is 51.9 Å². The summed E-state index contributed by atoms with van der Waals surface area (Å²) in [5, 5.41) is 0.791. The van der Waals surface area contributed by atoms with Gasteiger partial charge in [-0.25, -0.2) is 0 Å². The summed E-state index contributed by atoms with van der Waals surface area (Å²) >= 11 is 0. The number of hydrogen-bond acceptors (Lipinski definition) is 5. The van der Waals surface area contributed by atoms with E-state index in [2.05, 4.69) is 11.8 Å². The number of carbonyl (C=O) groups excluding carboxylic acids is 1. The number of hydrogen-bond donors (Lipinski definition) is 1. The van der Waals surface area contributed by atoms with Crippen LogP contribution in [0.1, 0.15) is 67.1 Å². The van der Waals surface area contributed by atoms with Crippen LogP contribution >= 0.6 is 0 Å². The minimum atomic E-state index is -0.0305. The smallest absolute Gasteiger partial charge is 0.197 e. The molecule has 0 aliphatic carbocycles. The van der Waals surface area contributed by atoms with Crippen molar-refractivity contribution in [3.63, 3.8) is 0 Å². The first-order valence-electron chi connectivity index (χ1n) is 12.0. The predicted molar refractivity (Wildman–Crippen MR) is 130 cm³/mol. The third-order valence-corrected chi connectivity index (χ3v) is 6.22. The second kappa shape index (κ2) is 10.7. The Labute approximate surface area is 190 Å². The van der Waals surface area contributed by atoms with Crippen LogP contribution in [0.15, 0.2) is 46.9 Å². The highest BCUT2D eigenvalue weighted by molar-refractivity contribution is 6.17. The van der Waals surface area contributed by atoms with Crippen molar-refractivity contribution in [1.29, 1.82) is 0 Å². The molecule has 0 spiro atoms. The molecule has 1 saturated heterocycles. The molecule has 2 N–H and O–H groups in total. The zero-order valence-electron chi connectivity index (χ0n) is 19.1. The van der Waals surface area contributed by atoms with Gasteiger partial charge in [-0.2, -0.15) is 0 Å². The Bertz CT molecular complexity index is 1030. The van der Waals surface area contributed by atoms with Crippen LogP contribution in [0.2, 0.25) is 0 Å². The summed E-state index contributed by atoms with van der Waals surface area (Å²) < 4.78 is 11.9. The number of ether oxygens (including phenoxy) is 1. The number of piperidine rings is 1. The highest BCUT2D eigenvalue weighted by Gasteiger charge is 2.22. The summed E-state index contributed by atoms with van der Waals surface area (Å²) in [5.41, 5.74) is 8.60. The zero-order valence-corrected chi connectivity index (χ0v) is 19.1. The Morgan fingerprint density at radius 3 is 2.59 bits per heavy atom. The van der Waals surface area contributed by atoms with Gasteiger partial charge in [0.25, 0.3) is 0 Å². The third-order valence-electron chi connectivity index (χ3n) is 6.22. The van der Waals surface area contributed by atoms with Crippen molar-refractivity contribution in [1.82, 2.24) is 4.90 Å². The van der Waals surface area contributed by atoms with E-state index < -0.39 is 0 Å². The molecule has 1 fully saturated rings. The van der Waals surface area contributed by atoms with E-state index in [1.807, 2.05) is 36.4 Å². The number of benzene rings is 2. The first-order chi connectivity index (χ1) is 15.7. The van der Waals surface area contributed by atoms with E-state index in [1.165, 1.54) is 32.4 Å². The summed E-state index contributed by atoms with van der Waals surface area (Å²) in [4.78, 5) is 15.9. The van der Waals surface area contributed by atoms with E-state index in [0.717, 1.165) is 49.1 Å². The Kier molecular flexibility index (Phi) is 7.48. The normalized spacial score (nSPS) is 14.7. The topological polar surface area (TPSA) is 68.7 Å². The minimum Gasteiger partial charge on any atom is -0.494 e. The number of ketones is 1. The van der Waals surface area contributed by atoms with Crippen molar-refractivity contribution < 1.29 is 13.9 Å². The molecule has 1 aromatic heterocycles. The van der Waals surface area contributed by atoms with E-state index in [-0.39, 0.29) is 5.78 Å². The van der Waals surface area contributed by atoms with Gasteiger partial charge in [0, 0.05) is 29.6 Å². The van der Waals surface area contributed by atoms with Crippen molar-refractivity contribution >= 4 is 22.4 Å². The van der Waals surface area contributed by atoms with Gasteiger partial charge in [-0.15, -0.1) is 0 Å². The van der Waals surface area contributed by atoms with Crippen molar-refractivity contribution in [3.05, 3.63) is 59.4 Å². The number of unbranched alkanes of at least 4 members (excludes halogenated alkanes) is 1. The number of anilines is 1. The Morgan fingerprint density at radius 2 is 1.84 bits per heavy atom. The molecular formula is C27H34N2O3. The second-order valence-corrected chi connectivity index (χ2v) is 8.72. The average Bonchev–Trinajstić information content (AvgIpc) is 3.18. The van der Waals surface area contributed by atoms with E-state index in [1.54, 1.807) is 6.07 Å². The van der Waals surface area contributed by atoms with Crippen LogP contribution in [0.4, 0.5) is 5.69 Å². The summed E-state index contributed by atoms with van der Waals surface area (Å²) in [6.07, 6.45) is 7.76. The molecule has 0 saturated carbocycles. The standard InChI is InChI=1S/C27H34N2O3/c1-2-3-8-25-26(23-19-21(28)11-14-24(23)32-25)27(30)20-9-12-22(13-10-20)31-18-7-17-29-15-5-4-6-16-29/h9-14,19H,2-8,15-18,28H2,1H3. The molecule has 0 bridgehead atoms. The van der Waals surface area contributed by atoms with Crippen LogP contribution < -0.4 is 10.5 Å². The fourth-order valence-corrected chi connectivity index (χ4v) is 4.44. The van der Waals surface area contributed by atoms with Gasteiger partial charge in [0.1, 0.15) is 17.1 Å². The predicted octanol–water partition coefficient (Wildman–Crippen LogP) is 5.84. The van der Waals surface area contributed by atoms with E-state index in [4.69, 9.17) is 14.9 Å². The Balaban J connectivity index is 1.43. The van der Waals surface area contributed by atoms with Crippen LogP contribution in [0.3, 0.4) is 0 Å². The highest BCUT2D eigenvalue weighted by atomic mass is 16.5. The number of nitrogens with zero attached hydrogens (tertiary/aromatic N) is 1. The van der Waals surface area contributed by atoms with Crippen molar-refractivity contribution in [2.24, 2.45) is 0 Å². The van der Waals surface area contributed by atoms with Crippen LogP contribution in [-0.4, -0.2) is 36.9 Å². The number of nitrogen functional groups attached to an aromatic ring is 1. The van der Waals surface area contributed by atoms with Crippen LogP contribution in [0, 0.1) is 0 Å². The third kappa shape index (κ3) is 5.33. The average molecular weight is 435 g/mol. The minimum absolute atomic E-state index is 0.0305. The maximum atomic E-state index is 13.4. The molecule has 0 radical (unpaired) electrons. The summed E-state index contributed by atoms with van der Waals surface area (Å²) in [6.45, 7) is 6.34. The number of fused-ring (bicyclic) bond motifs is 1. The van der Waals surface area contributed by atoms with Gasteiger partial charge in [0.05, 0.1) is 12.2 Å². The van der Waals surface area contributed by atoms with Gasteiger partial charge in [0.15, 0.2) is 5.78 Å². The first kappa shape index (κ1) is 22.4. The Morgan fingerprint density at radius 1 is 1.06 bits per heavy atom. The van der Waals surface area contributed by atoms with E-state index in [9.17, 15) is 4.79 Å². The van der Waals surface area contributed by atoms with Crippen LogP contribution in [0.5, 0.6) is 5.75 Å². The number of nitrogens with two attached hydrogens (primary N) is 1. The molecular weight excluding hydrogens is 400 g/mol. The molecule has 0 atom stereocenters. The molecule has 1 aliphatic rings. The molecule has 170 valence electrons. The van der Waals surface area contributed by atoms with Crippen molar-refractivity contribution in [2.75, 3.05) is 32.0 Å². The number of carbonyl (C=O) groups is 1. The monoisotopic (exact) mass is 434 g/mol. The van der Waals surface area contributed by atoms with Gasteiger partial charge in [-0.1, -0.05) is 19.8 Å². The van der Waals surface area contributed by atoms with E-state index in [0.29, 0.717) is 29.0 Å². The molecule has 0 unspecified atom stereocenters. The van der Waals surface area contributed by atoms with Gasteiger partial charge in [-0.05, 0) is 81.2 Å². The van der Waals surface area contributed by atoms with Gasteiger partial charge < -0.3 is 19.8 Å². The quantitative estimate of drug-likeness (QED) is 0.246. The lowest BCUT2D eigenvalue weighted by atomic mass is 9.98. The van der Waals surface area contributed by atoms with Crippen LogP contribution in [-0.2, 0) is 6.42 Å². The lowest BCUT2D eigenvalue weighted by Crippen LogP contribution is -2.31. The molecule has 3 aromatic rings. The molecule has 2 heterocycles. The maximum Gasteiger partial charge on any atom is 0.197 e. The van der Waals surface area contributed by atoms with Crippen LogP contribution in [0.25, 0.3) is 11.0 Å². The number of furan rings is 1. The molecule has 4 rings (SSSR count). The number of likely N-dealkylation sites (tertiary alicyclic amines) is 1. The lowest BCUT2D eigenvalue weighted by Gasteiger charge is -2.26. The van der Waals surface area contributed by atoms with E-state index >= 15 is 0 Å².